The van der Waals surface area contributed by atoms with Crippen LogP contribution in [0.3, 0.4) is 0 Å². The van der Waals surface area contributed by atoms with Crippen molar-refractivity contribution in [3.8, 4) is 5.75 Å². The molecule has 1 aromatic carbocycles. The highest BCUT2D eigenvalue weighted by Crippen LogP contribution is 2.42. The van der Waals surface area contributed by atoms with E-state index < -0.39 is 29.4 Å². The van der Waals surface area contributed by atoms with Crippen molar-refractivity contribution in [3.05, 3.63) is 59.8 Å². The molecule has 8 heteroatoms. The van der Waals surface area contributed by atoms with Gasteiger partial charge in [-0.2, -0.15) is 13.2 Å². The zero-order chi connectivity index (χ0) is 21.4. The summed E-state index contributed by atoms with van der Waals surface area (Å²) < 4.78 is 53.6. The molecular formula is C21H22F4N2O2. The molecule has 29 heavy (non-hydrogen) atoms. The van der Waals surface area contributed by atoms with E-state index in [1.807, 2.05) is 0 Å². The van der Waals surface area contributed by atoms with E-state index in [1.165, 1.54) is 0 Å². The number of aromatic hydroxyl groups is 1. The number of rotatable bonds is 6. The van der Waals surface area contributed by atoms with Gasteiger partial charge in [-0.25, -0.2) is 4.39 Å². The van der Waals surface area contributed by atoms with Crippen LogP contribution in [-0.4, -0.2) is 32.0 Å². The molecule has 1 atom stereocenters. The maximum absolute atomic E-state index is 13.7. The number of pyridine rings is 1. The maximum atomic E-state index is 13.7. The highest BCUT2D eigenvalue weighted by molar-refractivity contribution is 5.79. The van der Waals surface area contributed by atoms with E-state index in [4.69, 9.17) is 0 Å². The molecule has 2 heterocycles. The van der Waals surface area contributed by atoms with E-state index in [9.17, 15) is 27.8 Å². The molecule has 0 aliphatic rings. The van der Waals surface area contributed by atoms with E-state index in [0.717, 1.165) is 23.6 Å². The third-order valence-electron chi connectivity index (χ3n) is 4.99. The molecule has 0 aliphatic carbocycles. The molecule has 0 bridgehead atoms. The fraction of sp³-hybridized carbons (Fsp3) is 0.381. The lowest BCUT2D eigenvalue weighted by molar-refractivity contribution is -0.180. The number of halogens is 4. The Morgan fingerprint density at radius 2 is 1.79 bits per heavy atom. The molecule has 0 saturated carbocycles. The molecule has 3 aromatic rings. The lowest BCUT2D eigenvalue weighted by Crippen LogP contribution is -2.42. The zero-order valence-electron chi connectivity index (χ0n) is 16.0. The van der Waals surface area contributed by atoms with E-state index >= 15 is 0 Å². The number of nitrogens with zero attached hydrogens (tertiary/aromatic N) is 1. The topological polar surface area (TPSA) is 69.1 Å². The Morgan fingerprint density at radius 3 is 2.45 bits per heavy atom. The molecule has 0 radical (unpaired) electrons. The Hall–Kier alpha value is -2.61. The fourth-order valence-corrected chi connectivity index (χ4v) is 4.01. The van der Waals surface area contributed by atoms with Gasteiger partial charge in [-0.3, -0.25) is 4.98 Å². The molecule has 4 nitrogen and oxygen atoms in total. The van der Waals surface area contributed by atoms with Crippen LogP contribution in [0.4, 0.5) is 17.6 Å². The number of nitrogens with one attached hydrogen (secondary N) is 1. The third-order valence-corrected chi connectivity index (χ3v) is 4.99. The van der Waals surface area contributed by atoms with Crippen molar-refractivity contribution in [1.82, 2.24) is 9.97 Å². The second kappa shape index (κ2) is 7.33. The molecule has 3 N–H and O–H groups in total. The van der Waals surface area contributed by atoms with Gasteiger partial charge >= 0.3 is 6.18 Å². The summed E-state index contributed by atoms with van der Waals surface area (Å²) in [4.78, 5) is 6.95. The Bertz CT molecular complexity index is 980. The number of H-pyrrole nitrogens is 1. The van der Waals surface area contributed by atoms with E-state index in [0.29, 0.717) is 11.2 Å². The summed E-state index contributed by atoms with van der Waals surface area (Å²) in [6.07, 6.45) is -3.56. The second-order valence-corrected chi connectivity index (χ2v) is 8.17. The van der Waals surface area contributed by atoms with Crippen LogP contribution in [0.15, 0.2) is 42.7 Å². The summed E-state index contributed by atoms with van der Waals surface area (Å²) in [7, 11) is 0. The summed E-state index contributed by atoms with van der Waals surface area (Å²) >= 11 is 0. The smallest absolute Gasteiger partial charge is 0.391 e. The van der Waals surface area contributed by atoms with Gasteiger partial charge in [0, 0.05) is 29.3 Å². The monoisotopic (exact) mass is 410 g/mol. The van der Waals surface area contributed by atoms with Crippen LogP contribution in [0.5, 0.6) is 5.75 Å². The van der Waals surface area contributed by atoms with Crippen LogP contribution in [0.1, 0.15) is 37.9 Å². The average Bonchev–Trinajstić information content (AvgIpc) is 2.95. The Labute approximate surface area is 165 Å². The number of aliphatic hydroxyl groups is 1. The quantitative estimate of drug-likeness (QED) is 0.501. The first-order valence-electron chi connectivity index (χ1n) is 9.07. The summed E-state index contributed by atoms with van der Waals surface area (Å²) in [5.41, 5.74) is -2.08. The molecule has 3 rings (SSSR count). The SMILES string of the molecule is CC(C)(CC(O)(Cc1cc2ccncc2[nH]1)CC(F)(F)F)c1cc(F)ccc1O. The van der Waals surface area contributed by atoms with Gasteiger partial charge in [0.05, 0.1) is 23.7 Å². The van der Waals surface area contributed by atoms with Crippen LogP contribution in [0, 0.1) is 5.82 Å². The summed E-state index contributed by atoms with van der Waals surface area (Å²) in [6.45, 7) is 3.13. The number of hydrogen-bond acceptors (Lipinski definition) is 3. The summed E-state index contributed by atoms with van der Waals surface area (Å²) in [6, 6.07) is 6.69. The number of alkyl halides is 3. The van der Waals surface area contributed by atoms with Crippen LogP contribution in [0.2, 0.25) is 0 Å². The van der Waals surface area contributed by atoms with Crippen LogP contribution in [-0.2, 0) is 11.8 Å². The van der Waals surface area contributed by atoms with Crippen LogP contribution < -0.4 is 0 Å². The van der Waals surface area contributed by atoms with Gasteiger partial charge in [-0.15, -0.1) is 0 Å². The fourth-order valence-electron chi connectivity index (χ4n) is 4.01. The minimum atomic E-state index is -4.61. The lowest BCUT2D eigenvalue weighted by atomic mass is 9.72. The first-order chi connectivity index (χ1) is 13.4. The average molecular weight is 410 g/mol. The molecule has 0 amide bonds. The Kier molecular flexibility index (Phi) is 5.34. The first kappa shape index (κ1) is 21.1. The Balaban J connectivity index is 1.96. The minimum Gasteiger partial charge on any atom is -0.508 e. The van der Waals surface area contributed by atoms with Crippen molar-refractivity contribution in [2.24, 2.45) is 0 Å². The minimum absolute atomic E-state index is 0.138. The van der Waals surface area contributed by atoms with Crippen molar-refractivity contribution >= 4 is 10.9 Å². The van der Waals surface area contributed by atoms with E-state index in [1.54, 1.807) is 38.4 Å². The normalized spacial score (nSPS) is 14.9. The van der Waals surface area contributed by atoms with E-state index in [2.05, 4.69) is 9.97 Å². The number of benzene rings is 1. The lowest BCUT2D eigenvalue weighted by Gasteiger charge is -2.37. The van der Waals surface area contributed by atoms with Gasteiger partial charge in [0.15, 0.2) is 0 Å². The summed E-state index contributed by atoms with van der Waals surface area (Å²) in [5.74, 6) is -0.851. The van der Waals surface area contributed by atoms with Gasteiger partial charge in [0.2, 0.25) is 0 Å². The predicted octanol–water partition coefficient (Wildman–Crippen LogP) is 5.00. The van der Waals surface area contributed by atoms with Gasteiger partial charge in [0.1, 0.15) is 11.6 Å². The Morgan fingerprint density at radius 1 is 1.07 bits per heavy atom. The van der Waals surface area contributed by atoms with Crippen molar-refractivity contribution in [1.29, 1.82) is 0 Å². The first-order valence-corrected chi connectivity index (χ1v) is 9.07. The largest absolute Gasteiger partial charge is 0.508 e. The number of phenols is 1. The molecule has 0 fully saturated rings. The van der Waals surface area contributed by atoms with Gasteiger partial charge in [-0.05, 0) is 42.2 Å². The number of hydrogen-bond donors (Lipinski definition) is 3. The van der Waals surface area contributed by atoms with Crippen molar-refractivity contribution in [2.45, 2.75) is 50.3 Å². The number of aromatic amines is 1. The third kappa shape index (κ3) is 5.06. The molecule has 156 valence electrons. The number of fused-ring (bicyclic) bond motifs is 1. The number of phenolic OH excluding ortho intramolecular Hbond substituents is 1. The maximum Gasteiger partial charge on any atom is 0.391 e. The van der Waals surface area contributed by atoms with Gasteiger partial charge < -0.3 is 15.2 Å². The molecule has 0 saturated heterocycles. The molecule has 0 spiro atoms. The highest BCUT2D eigenvalue weighted by Gasteiger charge is 2.45. The molecule has 1 unspecified atom stereocenters. The zero-order valence-corrected chi connectivity index (χ0v) is 16.0. The highest BCUT2D eigenvalue weighted by atomic mass is 19.4. The second-order valence-electron chi connectivity index (χ2n) is 8.17. The van der Waals surface area contributed by atoms with Crippen molar-refractivity contribution in [3.63, 3.8) is 0 Å². The van der Waals surface area contributed by atoms with Gasteiger partial charge in [-0.1, -0.05) is 13.8 Å². The van der Waals surface area contributed by atoms with E-state index in [-0.39, 0.29) is 24.2 Å². The molecular weight excluding hydrogens is 388 g/mol. The van der Waals surface area contributed by atoms with Crippen LogP contribution >= 0.6 is 0 Å². The van der Waals surface area contributed by atoms with Crippen molar-refractivity contribution in [2.75, 3.05) is 0 Å². The molecule has 2 aromatic heterocycles. The predicted molar refractivity (Wildman–Crippen MR) is 101 cm³/mol. The number of aromatic nitrogens is 2. The standard InChI is InChI=1S/C21H22F4N2O2/c1-19(2,16-8-14(22)3-4-18(16)28)11-20(29,12-21(23,24)25)9-15-7-13-5-6-26-10-17(13)27-15/h3-8,10,27-29H,9,11-12H2,1-2H3. The molecule has 0 aliphatic heterocycles. The summed E-state index contributed by atoms with van der Waals surface area (Å²) in [5, 5.41) is 21.9. The van der Waals surface area contributed by atoms with Crippen LogP contribution in [0.25, 0.3) is 10.9 Å². The van der Waals surface area contributed by atoms with Gasteiger partial charge in [0.25, 0.3) is 0 Å². The van der Waals surface area contributed by atoms with Crippen molar-refractivity contribution < 1.29 is 27.8 Å².